The number of rotatable bonds is 11. The van der Waals surface area contributed by atoms with E-state index in [1.807, 2.05) is 48.5 Å². The van der Waals surface area contributed by atoms with Crippen molar-refractivity contribution in [2.24, 2.45) is 0 Å². The zero-order valence-electron chi connectivity index (χ0n) is 22.8. The lowest BCUT2D eigenvalue weighted by molar-refractivity contribution is -0.153. The van der Waals surface area contributed by atoms with Crippen LogP contribution in [-0.2, 0) is 14.3 Å². The molecule has 40 heavy (non-hydrogen) atoms. The lowest BCUT2D eigenvalue weighted by Crippen LogP contribution is -2.41. The topological polar surface area (TPSA) is 120 Å². The zero-order chi connectivity index (χ0) is 27.4. The Kier molecular flexibility index (Phi) is 7.85. The predicted molar refractivity (Wildman–Crippen MR) is 148 cm³/mol. The van der Waals surface area contributed by atoms with Crippen molar-refractivity contribution in [3.05, 3.63) is 48.5 Å². The van der Waals surface area contributed by atoms with Gasteiger partial charge in [-0.1, -0.05) is 75.4 Å². The van der Waals surface area contributed by atoms with Gasteiger partial charge in [0.2, 0.25) is 5.82 Å². The minimum Gasteiger partial charge on any atom is -0.346 e. The van der Waals surface area contributed by atoms with Gasteiger partial charge < -0.3 is 14.3 Å². The van der Waals surface area contributed by atoms with Crippen molar-refractivity contribution < 1.29 is 19.1 Å². The van der Waals surface area contributed by atoms with Crippen LogP contribution < -0.4 is 4.84 Å². The second-order valence-corrected chi connectivity index (χ2v) is 10.5. The third-order valence-corrected chi connectivity index (χ3v) is 7.73. The molecule has 0 saturated carbocycles. The van der Waals surface area contributed by atoms with E-state index in [9.17, 15) is 4.79 Å². The lowest BCUT2D eigenvalue weighted by Gasteiger charge is -2.23. The fourth-order valence-corrected chi connectivity index (χ4v) is 5.74. The molecule has 0 aliphatic carbocycles. The quantitative estimate of drug-likeness (QED) is 0.279. The normalized spacial score (nSPS) is 18.7. The standard InChI is InChI=1S/C29H35N7O4/c1-2-3-4-5-6-11-16-35-20-29(38-17-18-39-29)19-25(35)28(37)40-36-24-15-10-9-14-23(24)30-27(36)22-13-8-7-12-21(22)26-31-33-34-32-26/h7-10,12-15,25H,2-6,11,16-20H2,1H3,(H,31,32,33,34)/t25-/m0/s1. The van der Waals surface area contributed by atoms with E-state index in [4.69, 9.17) is 19.3 Å². The molecule has 11 nitrogen and oxygen atoms in total. The number of imidazole rings is 1. The number of nitrogens with one attached hydrogen (secondary N) is 1. The molecule has 2 aliphatic heterocycles. The van der Waals surface area contributed by atoms with Crippen LogP contribution in [-0.4, -0.2) is 79.3 Å². The Bertz CT molecular complexity index is 1430. The second kappa shape index (κ2) is 11.8. The first-order chi connectivity index (χ1) is 19.7. The van der Waals surface area contributed by atoms with Gasteiger partial charge in [0.15, 0.2) is 11.6 Å². The Morgan fingerprint density at radius 2 is 1.77 bits per heavy atom. The number of tetrazole rings is 1. The number of nitrogens with zero attached hydrogens (tertiary/aromatic N) is 6. The number of aromatic nitrogens is 6. The summed E-state index contributed by atoms with van der Waals surface area (Å²) in [6.45, 7) is 4.64. The molecular weight excluding hydrogens is 510 g/mol. The molecule has 2 aromatic carbocycles. The maximum atomic E-state index is 13.9. The molecule has 11 heteroatoms. The van der Waals surface area contributed by atoms with E-state index in [2.05, 4.69) is 32.4 Å². The van der Waals surface area contributed by atoms with Gasteiger partial charge in [-0.2, -0.15) is 9.94 Å². The molecule has 0 radical (unpaired) electrons. The Morgan fingerprint density at radius 3 is 2.58 bits per heavy atom. The number of H-pyrrole nitrogens is 1. The Morgan fingerprint density at radius 1 is 1.02 bits per heavy atom. The summed E-state index contributed by atoms with van der Waals surface area (Å²) in [4.78, 5) is 27.1. The zero-order valence-corrected chi connectivity index (χ0v) is 22.8. The van der Waals surface area contributed by atoms with Crippen LogP contribution in [0.25, 0.3) is 33.8 Å². The minimum atomic E-state index is -0.753. The lowest BCUT2D eigenvalue weighted by atomic mass is 10.1. The van der Waals surface area contributed by atoms with Crippen molar-refractivity contribution in [1.82, 2.24) is 35.2 Å². The summed E-state index contributed by atoms with van der Waals surface area (Å²) in [5.41, 5.74) is 2.85. The fraction of sp³-hybridized carbons (Fsp3) is 0.483. The average Bonchev–Trinajstić information content (AvgIpc) is 3.79. The number of benzene rings is 2. The molecule has 6 rings (SSSR count). The SMILES string of the molecule is CCCCCCCCN1CC2(C[C@H]1C(=O)On1c(-c3ccccc3-c3nn[nH]n3)nc3ccccc31)OCCO2. The summed E-state index contributed by atoms with van der Waals surface area (Å²) in [6, 6.07) is 14.7. The number of ether oxygens (including phenoxy) is 2. The van der Waals surface area contributed by atoms with Gasteiger partial charge in [-0.25, -0.2) is 9.78 Å². The summed E-state index contributed by atoms with van der Waals surface area (Å²) in [5.74, 6) is -0.197. The van der Waals surface area contributed by atoms with E-state index in [0.717, 1.165) is 30.5 Å². The van der Waals surface area contributed by atoms with E-state index < -0.39 is 11.8 Å². The number of carbonyl (C=O) groups is 1. The first kappa shape index (κ1) is 26.5. The van der Waals surface area contributed by atoms with Crippen LogP contribution in [0.2, 0.25) is 0 Å². The van der Waals surface area contributed by atoms with Crippen molar-refractivity contribution in [3.63, 3.8) is 0 Å². The van der Waals surface area contributed by atoms with Gasteiger partial charge in [0.05, 0.1) is 25.3 Å². The number of aromatic amines is 1. The molecule has 1 atom stereocenters. The van der Waals surface area contributed by atoms with Crippen molar-refractivity contribution in [2.75, 3.05) is 26.3 Å². The van der Waals surface area contributed by atoms with Crippen LogP contribution in [0.1, 0.15) is 51.9 Å². The highest BCUT2D eigenvalue weighted by atomic mass is 16.7. The maximum absolute atomic E-state index is 13.9. The second-order valence-electron chi connectivity index (χ2n) is 10.5. The van der Waals surface area contributed by atoms with Gasteiger partial charge in [-0.05, 0) is 30.3 Å². The molecule has 4 aromatic rings. The first-order valence-corrected chi connectivity index (χ1v) is 14.2. The number of para-hydroxylation sites is 2. The van der Waals surface area contributed by atoms with Crippen molar-refractivity contribution in [2.45, 2.75) is 63.7 Å². The summed E-state index contributed by atoms with van der Waals surface area (Å²) < 4.78 is 13.6. The highest BCUT2D eigenvalue weighted by molar-refractivity contribution is 5.86. The van der Waals surface area contributed by atoms with E-state index in [0.29, 0.717) is 48.9 Å². The van der Waals surface area contributed by atoms with Crippen molar-refractivity contribution in [3.8, 4) is 22.8 Å². The Labute approximate surface area is 232 Å². The highest BCUT2D eigenvalue weighted by Gasteiger charge is 2.51. The number of likely N-dealkylation sites (tertiary alicyclic amines) is 1. The predicted octanol–water partition coefficient (Wildman–Crippen LogP) is 4.02. The maximum Gasteiger partial charge on any atom is 0.350 e. The summed E-state index contributed by atoms with van der Waals surface area (Å²) in [7, 11) is 0. The molecule has 1 N–H and O–H groups in total. The van der Waals surface area contributed by atoms with Gasteiger partial charge in [0.1, 0.15) is 11.6 Å². The van der Waals surface area contributed by atoms with Crippen LogP contribution in [0.3, 0.4) is 0 Å². The van der Waals surface area contributed by atoms with Gasteiger partial charge >= 0.3 is 5.97 Å². The molecule has 0 bridgehead atoms. The molecule has 2 aliphatic rings. The van der Waals surface area contributed by atoms with Crippen LogP contribution in [0, 0.1) is 0 Å². The monoisotopic (exact) mass is 545 g/mol. The minimum absolute atomic E-state index is 0.358. The number of unbranched alkanes of at least 4 members (excludes halogenated alkanes) is 5. The summed E-state index contributed by atoms with van der Waals surface area (Å²) in [5, 5.41) is 14.5. The van der Waals surface area contributed by atoms with Gasteiger partial charge in [-0.15, -0.1) is 10.2 Å². The number of fused-ring (bicyclic) bond motifs is 1. The third-order valence-electron chi connectivity index (χ3n) is 7.73. The molecule has 2 aromatic heterocycles. The van der Waals surface area contributed by atoms with Crippen LogP contribution >= 0.6 is 0 Å². The molecule has 0 amide bonds. The number of hydrogen-bond acceptors (Lipinski definition) is 9. The molecule has 1 spiro atoms. The number of hydrogen-bond donors (Lipinski definition) is 1. The van der Waals surface area contributed by atoms with Gasteiger partial charge in [-0.3, -0.25) is 4.90 Å². The third kappa shape index (κ3) is 5.36. The molecule has 4 heterocycles. The van der Waals surface area contributed by atoms with E-state index in [-0.39, 0.29) is 5.97 Å². The average molecular weight is 546 g/mol. The van der Waals surface area contributed by atoms with Gasteiger partial charge in [0.25, 0.3) is 0 Å². The highest BCUT2D eigenvalue weighted by Crippen LogP contribution is 2.36. The van der Waals surface area contributed by atoms with Crippen molar-refractivity contribution in [1.29, 1.82) is 0 Å². The van der Waals surface area contributed by atoms with Crippen LogP contribution in [0.5, 0.6) is 0 Å². The Balaban J connectivity index is 1.28. The first-order valence-electron chi connectivity index (χ1n) is 14.2. The summed E-state index contributed by atoms with van der Waals surface area (Å²) >= 11 is 0. The van der Waals surface area contributed by atoms with Crippen LogP contribution in [0.15, 0.2) is 48.5 Å². The fourth-order valence-electron chi connectivity index (χ4n) is 5.74. The molecule has 210 valence electrons. The smallest absolute Gasteiger partial charge is 0.346 e. The molecular formula is C29H35N7O4. The van der Waals surface area contributed by atoms with E-state index in [1.54, 1.807) is 0 Å². The largest absolute Gasteiger partial charge is 0.350 e. The molecule has 2 saturated heterocycles. The summed E-state index contributed by atoms with van der Waals surface area (Å²) in [6.07, 6.45) is 7.53. The van der Waals surface area contributed by atoms with E-state index >= 15 is 0 Å². The van der Waals surface area contributed by atoms with Crippen molar-refractivity contribution >= 4 is 17.0 Å². The number of carbonyl (C=O) groups excluding carboxylic acids is 1. The van der Waals surface area contributed by atoms with Gasteiger partial charge in [0, 0.05) is 17.5 Å². The van der Waals surface area contributed by atoms with E-state index in [1.165, 1.54) is 30.4 Å². The molecule has 0 unspecified atom stereocenters. The Hall–Kier alpha value is -3.67. The molecule has 2 fully saturated rings. The van der Waals surface area contributed by atoms with Crippen LogP contribution in [0.4, 0.5) is 0 Å².